The van der Waals surface area contributed by atoms with Crippen LogP contribution in [0.4, 0.5) is 10.5 Å². The monoisotopic (exact) mass is 383 g/mol. The highest BCUT2D eigenvalue weighted by atomic mass is 16.5. The molecule has 1 aromatic carbocycles. The average Bonchev–Trinajstić information content (AvgIpc) is 2.66. The van der Waals surface area contributed by atoms with Gasteiger partial charge in [0.25, 0.3) is 0 Å². The Kier molecular flexibility index (Phi) is 5.64. The summed E-state index contributed by atoms with van der Waals surface area (Å²) in [7, 11) is 0. The molecule has 0 saturated heterocycles. The van der Waals surface area contributed by atoms with Crippen molar-refractivity contribution in [1.82, 2.24) is 9.97 Å². The number of esters is 1. The number of nitrogens with one attached hydrogen (secondary N) is 1. The summed E-state index contributed by atoms with van der Waals surface area (Å²) in [6, 6.07) is 6.00. The van der Waals surface area contributed by atoms with Crippen LogP contribution in [0.1, 0.15) is 28.7 Å². The van der Waals surface area contributed by atoms with Crippen molar-refractivity contribution in [2.24, 2.45) is 0 Å². The Morgan fingerprint density at radius 2 is 1.96 bits per heavy atom. The first-order chi connectivity index (χ1) is 13.5. The van der Waals surface area contributed by atoms with E-state index in [2.05, 4.69) is 15.3 Å². The fourth-order valence-electron chi connectivity index (χ4n) is 2.43. The van der Waals surface area contributed by atoms with Gasteiger partial charge in [0.05, 0.1) is 18.5 Å². The SMILES string of the molecule is CCOC(=O)Nc1ccc2c(COC(=O)c3cnc(C)cn3)cc(=O)oc2c1. The van der Waals surface area contributed by atoms with Crippen LogP contribution in [-0.2, 0) is 16.1 Å². The zero-order valence-corrected chi connectivity index (χ0v) is 15.2. The summed E-state index contributed by atoms with van der Waals surface area (Å²) in [6.07, 6.45) is 2.16. The van der Waals surface area contributed by atoms with Crippen molar-refractivity contribution >= 4 is 28.7 Å². The topological polar surface area (TPSA) is 121 Å². The summed E-state index contributed by atoms with van der Waals surface area (Å²) in [5, 5.41) is 3.09. The van der Waals surface area contributed by atoms with Gasteiger partial charge in [-0.2, -0.15) is 0 Å². The average molecular weight is 383 g/mol. The summed E-state index contributed by atoms with van der Waals surface area (Å²) in [4.78, 5) is 43.4. The third-order valence-corrected chi connectivity index (χ3v) is 3.70. The maximum atomic E-state index is 12.1. The number of hydrogen-bond donors (Lipinski definition) is 1. The number of aromatic nitrogens is 2. The molecule has 0 unspecified atom stereocenters. The maximum Gasteiger partial charge on any atom is 0.411 e. The number of carbonyl (C=O) groups is 2. The molecule has 144 valence electrons. The molecule has 0 radical (unpaired) electrons. The molecule has 0 atom stereocenters. The Bertz CT molecular complexity index is 1080. The first-order valence-electron chi connectivity index (χ1n) is 8.42. The van der Waals surface area contributed by atoms with Gasteiger partial charge in [-0.1, -0.05) is 0 Å². The predicted octanol–water partition coefficient (Wildman–Crippen LogP) is 2.82. The molecule has 9 heteroatoms. The second-order valence-corrected chi connectivity index (χ2v) is 5.77. The fraction of sp³-hybridized carbons (Fsp3) is 0.211. The zero-order chi connectivity index (χ0) is 20.1. The van der Waals surface area contributed by atoms with Crippen molar-refractivity contribution in [2.45, 2.75) is 20.5 Å². The molecule has 0 bridgehead atoms. The number of carbonyl (C=O) groups excluding carboxylic acids is 2. The number of aryl methyl sites for hydroxylation is 1. The maximum absolute atomic E-state index is 12.1. The molecule has 0 spiro atoms. The van der Waals surface area contributed by atoms with E-state index in [1.165, 1.54) is 24.5 Å². The Morgan fingerprint density at radius 1 is 1.14 bits per heavy atom. The van der Waals surface area contributed by atoms with E-state index >= 15 is 0 Å². The molecule has 3 aromatic rings. The molecule has 1 amide bonds. The van der Waals surface area contributed by atoms with Gasteiger partial charge in [-0.25, -0.2) is 19.4 Å². The highest BCUT2D eigenvalue weighted by Gasteiger charge is 2.13. The van der Waals surface area contributed by atoms with Gasteiger partial charge in [0.1, 0.15) is 12.2 Å². The van der Waals surface area contributed by atoms with Crippen molar-refractivity contribution in [3.63, 3.8) is 0 Å². The Hall–Kier alpha value is -3.75. The number of rotatable bonds is 5. The number of hydrogen-bond acceptors (Lipinski definition) is 8. The lowest BCUT2D eigenvalue weighted by Crippen LogP contribution is -2.13. The smallest absolute Gasteiger partial charge is 0.411 e. The highest BCUT2D eigenvalue weighted by Crippen LogP contribution is 2.22. The van der Waals surface area contributed by atoms with Crippen LogP contribution in [0.25, 0.3) is 11.0 Å². The van der Waals surface area contributed by atoms with Gasteiger partial charge in [-0.15, -0.1) is 0 Å². The quantitative estimate of drug-likeness (QED) is 0.527. The summed E-state index contributed by atoms with van der Waals surface area (Å²) < 4.78 is 15.2. The Labute approximate surface area is 159 Å². The molecule has 0 aliphatic carbocycles. The van der Waals surface area contributed by atoms with Crippen LogP contribution in [0.15, 0.2) is 45.9 Å². The minimum absolute atomic E-state index is 0.0683. The van der Waals surface area contributed by atoms with E-state index in [0.29, 0.717) is 22.3 Å². The Balaban J connectivity index is 1.80. The molecule has 1 N–H and O–H groups in total. The second kappa shape index (κ2) is 8.30. The second-order valence-electron chi connectivity index (χ2n) is 5.77. The Morgan fingerprint density at radius 3 is 2.68 bits per heavy atom. The van der Waals surface area contributed by atoms with Crippen LogP contribution in [-0.4, -0.2) is 28.6 Å². The summed E-state index contributed by atoms with van der Waals surface area (Å²) in [6.45, 7) is 3.52. The van der Waals surface area contributed by atoms with Crippen LogP contribution in [0.2, 0.25) is 0 Å². The van der Waals surface area contributed by atoms with Crippen LogP contribution in [0.5, 0.6) is 0 Å². The molecule has 28 heavy (non-hydrogen) atoms. The van der Waals surface area contributed by atoms with Gasteiger partial charge in [0.2, 0.25) is 0 Å². The van der Waals surface area contributed by atoms with E-state index in [0.717, 1.165) is 0 Å². The van der Waals surface area contributed by atoms with Crippen molar-refractivity contribution in [1.29, 1.82) is 0 Å². The summed E-state index contributed by atoms with van der Waals surface area (Å²) >= 11 is 0. The van der Waals surface area contributed by atoms with Crippen LogP contribution >= 0.6 is 0 Å². The van der Waals surface area contributed by atoms with E-state index in [-0.39, 0.29) is 24.5 Å². The van der Waals surface area contributed by atoms with Crippen molar-refractivity contribution in [2.75, 3.05) is 11.9 Å². The molecule has 3 rings (SSSR count). The number of benzene rings is 1. The fourth-order valence-corrected chi connectivity index (χ4v) is 2.43. The largest absolute Gasteiger partial charge is 0.456 e. The normalized spacial score (nSPS) is 10.5. The minimum atomic E-state index is -0.658. The summed E-state index contributed by atoms with van der Waals surface area (Å²) in [5.41, 5.74) is 1.24. The molecule has 9 nitrogen and oxygen atoms in total. The van der Waals surface area contributed by atoms with Gasteiger partial charge < -0.3 is 13.9 Å². The molecular formula is C19H17N3O6. The first-order valence-corrected chi connectivity index (χ1v) is 8.42. The molecular weight excluding hydrogens is 366 g/mol. The van der Waals surface area contributed by atoms with Crippen LogP contribution < -0.4 is 10.9 Å². The van der Waals surface area contributed by atoms with E-state index in [9.17, 15) is 14.4 Å². The number of amides is 1. The van der Waals surface area contributed by atoms with Gasteiger partial charge in [-0.3, -0.25) is 10.3 Å². The van der Waals surface area contributed by atoms with Gasteiger partial charge in [0, 0.05) is 35.0 Å². The van der Waals surface area contributed by atoms with E-state index < -0.39 is 17.7 Å². The van der Waals surface area contributed by atoms with Crippen molar-refractivity contribution in [3.8, 4) is 0 Å². The number of fused-ring (bicyclic) bond motifs is 1. The van der Waals surface area contributed by atoms with Crippen molar-refractivity contribution in [3.05, 3.63) is 64.0 Å². The van der Waals surface area contributed by atoms with Crippen LogP contribution in [0, 0.1) is 6.92 Å². The number of nitrogens with zero attached hydrogens (tertiary/aromatic N) is 2. The molecule has 2 aromatic heterocycles. The van der Waals surface area contributed by atoms with E-state index in [1.54, 1.807) is 26.0 Å². The molecule has 0 aliphatic rings. The lowest BCUT2D eigenvalue weighted by Gasteiger charge is -2.09. The zero-order valence-electron chi connectivity index (χ0n) is 15.2. The van der Waals surface area contributed by atoms with Crippen LogP contribution in [0.3, 0.4) is 0 Å². The number of anilines is 1. The van der Waals surface area contributed by atoms with Gasteiger partial charge in [-0.05, 0) is 26.0 Å². The third-order valence-electron chi connectivity index (χ3n) is 3.70. The molecule has 0 saturated carbocycles. The lowest BCUT2D eigenvalue weighted by atomic mass is 10.1. The van der Waals surface area contributed by atoms with E-state index in [4.69, 9.17) is 13.9 Å². The minimum Gasteiger partial charge on any atom is -0.456 e. The van der Waals surface area contributed by atoms with E-state index in [1.807, 2.05) is 0 Å². The highest BCUT2D eigenvalue weighted by molar-refractivity contribution is 5.90. The molecule has 2 heterocycles. The molecule has 0 fully saturated rings. The first kappa shape index (κ1) is 19.0. The lowest BCUT2D eigenvalue weighted by molar-refractivity contribution is 0.0466. The van der Waals surface area contributed by atoms with Gasteiger partial charge >= 0.3 is 17.7 Å². The summed E-state index contributed by atoms with van der Waals surface area (Å²) in [5.74, 6) is -0.658. The standard InChI is InChI=1S/C19H17N3O6/c1-3-26-19(25)22-13-4-5-14-12(6-17(23)28-16(14)7-13)10-27-18(24)15-9-20-11(2)8-21-15/h4-9H,3,10H2,1-2H3,(H,22,25). The van der Waals surface area contributed by atoms with Gasteiger partial charge in [0.15, 0.2) is 5.69 Å². The van der Waals surface area contributed by atoms with Crippen molar-refractivity contribution < 1.29 is 23.5 Å². The molecule has 0 aliphatic heterocycles. The predicted molar refractivity (Wildman–Crippen MR) is 99.0 cm³/mol. The number of ether oxygens (including phenoxy) is 2. The third kappa shape index (κ3) is 4.50.